The summed E-state index contributed by atoms with van der Waals surface area (Å²) in [6, 6.07) is 0.745. The van der Waals surface area contributed by atoms with Crippen LogP contribution in [0.4, 0.5) is 0 Å². The minimum Gasteiger partial charge on any atom is -0.377 e. The normalized spacial score (nSPS) is 30.2. The molecule has 19 heavy (non-hydrogen) atoms. The van der Waals surface area contributed by atoms with Crippen LogP contribution in [0.15, 0.2) is 4.99 Å². The smallest absolute Gasteiger partial charge is 0.145 e. The maximum atomic E-state index is 5.81. The predicted octanol–water partition coefficient (Wildman–Crippen LogP) is 2.95. The molecular weight excluding hydrogens is 235 g/mol. The molecule has 4 heteroatoms. The van der Waals surface area contributed by atoms with Gasteiger partial charge in [-0.2, -0.15) is 0 Å². The van der Waals surface area contributed by atoms with E-state index in [-0.39, 0.29) is 5.60 Å². The minimum absolute atomic E-state index is 0.0913. The van der Waals surface area contributed by atoms with Crippen LogP contribution >= 0.6 is 0 Å². The Hall–Kier alpha value is -0.505. The van der Waals surface area contributed by atoms with Crippen molar-refractivity contribution >= 4 is 12.5 Å². The lowest BCUT2D eigenvalue weighted by Gasteiger charge is -2.35. The molecule has 0 bridgehead atoms. The molecule has 0 saturated carbocycles. The van der Waals surface area contributed by atoms with Gasteiger partial charge in [0, 0.05) is 19.2 Å². The monoisotopic (exact) mass is 262 g/mol. The highest BCUT2D eigenvalue weighted by Crippen LogP contribution is 2.29. The van der Waals surface area contributed by atoms with Crippen LogP contribution in [-0.4, -0.2) is 48.8 Å². The summed E-state index contributed by atoms with van der Waals surface area (Å²) in [4.78, 5) is 7.42. The number of piperidine rings is 1. The zero-order chi connectivity index (χ0) is 13.3. The van der Waals surface area contributed by atoms with Crippen LogP contribution in [-0.2, 0) is 4.74 Å². The van der Waals surface area contributed by atoms with Crippen LogP contribution in [0.3, 0.4) is 0 Å². The Bertz CT molecular complexity index is 356. The van der Waals surface area contributed by atoms with E-state index in [2.05, 4.69) is 18.7 Å². The van der Waals surface area contributed by atoms with Gasteiger partial charge in [0.1, 0.15) is 6.71 Å². The summed E-state index contributed by atoms with van der Waals surface area (Å²) in [5.74, 6) is 1.41. The maximum absolute atomic E-state index is 5.81. The van der Waals surface area contributed by atoms with Crippen molar-refractivity contribution in [3.05, 3.63) is 0 Å². The molecule has 0 radical (unpaired) electrons. The van der Waals surface area contributed by atoms with E-state index in [0.29, 0.717) is 0 Å². The van der Waals surface area contributed by atoms with Gasteiger partial charge in [-0.25, -0.2) is 0 Å². The SMILES string of the molecule is CC1(C)CB(CCC2=NCC3CCCCN23)CCO1. The first-order chi connectivity index (χ1) is 9.14. The van der Waals surface area contributed by atoms with Crippen molar-refractivity contribution in [2.24, 2.45) is 4.99 Å². The number of hydrogen-bond donors (Lipinski definition) is 0. The number of ether oxygens (including phenoxy) is 1. The van der Waals surface area contributed by atoms with Crippen molar-refractivity contribution in [3.8, 4) is 0 Å². The summed E-state index contributed by atoms with van der Waals surface area (Å²) in [7, 11) is 0. The van der Waals surface area contributed by atoms with E-state index >= 15 is 0 Å². The second kappa shape index (κ2) is 5.47. The fourth-order valence-corrected chi connectivity index (χ4v) is 3.99. The third kappa shape index (κ3) is 3.15. The molecule has 0 aromatic rings. The van der Waals surface area contributed by atoms with Gasteiger partial charge in [-0.05, 0) is 45.9 Å². The minimum atomic E-state index is 0.0913. The molecule has 1 atom stereocenters. The van der Waals surface area contributed by atoms with Crippen LogP contribution < -0.4 is 0 Å². The van der Waals surface area contributed by atoms with Gasteiger partial charge in [-0.3, -0.25) is 4.99 Å². The average molecular weight is 262 g/mol. The Balaban J connectivity index is 1.49. The van der Waals surface area contributed by atoms with Crippen LogP contribution in [0.1, 0.15) is 39.5 Å². The molecule has 3 aliphatic heterocycles. The van der Waals surface area contributed by atoms with Crippen molar-refractivity contribution in [2.75, 3.05) is 19.7 Å². The average Bonchev–Trinajstić information content (AvgIpc) is 2.78. The van der Waals surface area contributed by atoms with Crippen LogP contribution in [0.5, 0.6) is 0 Å². The zero-order valence-electron chi connectivity index (χ0n) is 12.5. The van der Waals surface area contributed by atoms with E-state index < -0.39 is 0 Å². The molecule has 106 valence electrons. The summed E-state index contributed by atoms with van der Waals surface area (Å²) >= 11 is 0. The molecular formula is C15H27BN2O. The molecule has 0 amide bonds. The highest BCUT2D eigenvalue weighted by Gasteiger charge is 2.33. The molecule has 0 spiro atoms. The number of fused-ring (bicyclic) bond motifs is 1. The van der Waals surface area contributed by atoms with Crippen molar-refractivity contribution in [2.45, 2.75) is 70.1 Å². The standard InChI is InChI=1S/C15H27BN2O/c1-15(2)12-16(8-10-19-15)7-6-14-17-11-13-5-3-4-9-18(13)14/h13H,3-12H2,1-2H3. The number of amidine groups is 1. The van der Waals surface area contributed by atoms with Gasteiger partial charge in [0.15, 0.2) is 0 Å². The number of aliphatic imine (C=N–C) groups is 1. The van der Waals surface area contributed by atoms with E-state index in [9.17, 15) is 0 Å². The van der Waals surface area contributed by atoms with E-state index in [1.807, 2.05) is 0 Å². The van der Waals surface area contributed by atoms with E-state index in [1.165, 1.54) is 57.0 Å². The van der Waals surface area contributed by atoms with E-state index in [4.69, 9.17) is 9.73 Å². The molecule has 2 fully saturated rings. The fraction of sp³-hybridized carbons (Fsp3) is 0.933. The van der Waals surface area contributed by atoms with Crippen molar-refractivity contribution < 1.29 is 4.74 Å². The summed E-state index contributed by atoms with van der Waals surface area (Å²) in [6.07, 6.45) is 9.06. The molecule has 3 heterocycles. The Morgan fingerprint density at radius 3 is 3.16 bits per heavy atom. The van der Waals surface area contributed by atoms with E-state index in [1.54, 1.807) is 0 Å². The van der Waals surface area contributed by atoms with Gasteiger partial charge >= 0.3 is 0 Å². The fourth-order valence-electron chi connectivity index (χ4n) is 3.99. The summed E-state index contributed by atoms with van der Waals surface area (Å²) in [5.41, 5.74) is 0.0913. The van der Waals surface area contributed by atoms with Crippen molar-refractivity contribution in [1.29, 1.82) is 0 Å². The summed E-state index contributed by atoms with van der Waals surface area (Å²) < 4.78 is 5.81. The Morgan fingerprint density at radius 2 is 2.32 bits per heavy atom. The second-order valence-electron chi connectivity index (χ2n) is 7.11. The highest BCUT2D eigenvalue weighted by atomic mass is 16.5. The van der Waals surface area contributed by atoms with E-state index in [0.717, 1.165) is 25.9 Å². The third-order valence-corrected chi connectivity index (χ3v) is 5.02. The second-order valence-corrected chi connectivity index (χ2v) is 7.11. The maximum Gasteiger partial charge on any atom is 0.145 e. The molecule has 3 aliphatic rings. The Kier molecular flexibility index (Phi) is 3.88. The zero-order valence-corrected chi connectivity index (χ0v) is 12.5. The number of rotatable bonds is 3. The first-order valence-electron chi connectivity index (χ1n) is 8.08. The largest absolute Gasteiger partial charge is 0.377 e. The van der Waals surface area contributed by atoms with Gasteiger partial charge in [0.25, 0.3) is 0 Å². The quantitative estimate of drug-likeness (QED) is 0.730. The molecule has 2 saturated heterocycles. The van der Waals surface area contributed by atoms with Gasteiger partial charge in [-0.15, -0.1) is 0 Å². The van der Waals surface area contributed by atoms with Crippen LogP contribution in [0.2, 0.25) is 19.0 Å². The first-order valence-corrected chi connectivity index (χ1v) is 8.08. The molecule has 0 aliphatic carbocycles. The van der Waals surface area contributed by atoms with Gasteiger partial charge in [-0.1, -0.05) is 12.6 Å². The number of hydrogen-bond acceptors (Lipinski definition) is 3. The lowest BCUT2D eigenvalue weighted by Crippen LogP contribution is -2.41. The summed E-state index contributed by atoms with van der Waals surface area (Å²) in [6.45, 7) is 8.54. The van der Waals surface area contributed by atoms with Crippen molar-refractivity contribution in [3.63, 3.8) is 0 Å². The van der Waals surface area contributed by atoms with Gasteiger partial charge in [0.2, 0.25) is 0 Å². The molecule has 0 aromatic carbocycles. The number of nitrogens with zero attached hydrogens (tertiary/aromatic N) is 2. The predicted molar refractivity (Wildman–Crippen MR) is 81.5 cm³/mol. The Morgan fingerprint density at radius 1 is 1.42 bits per heavy atom. The highest BCUT2D eigenvalue weighted by molar-refractivity contribution is 6.59. The molecule has 1 unspecified atom stereocenters. The molecule has 0 N–H and O–H groups in total. The van der Waals surface area contributed by atoms with Crippen LogP contribution in [0.25, 0.3) is 0 Å². The Labute approximate surface area is 117 Å². The lowest BCUT2D eigenvalue weighted by atomic mass is 9.39. The lowest BCUT2D eigenvalue weighted by molar-refractivity contribution is -0.00446. The topological polar surface area (TPSA) is 24.8 Å². The molecule has 3 rings (SSSR count). The van der Waals surface area contributed by atoms with Gasteiger partial charge < -0.3 is 9.64 Å². The molecule has 0 aromatic heterocycles. The van der Waals surface area contributed by atoms with Crippen molar-refractivity contribution in [1.82, 2.24) is 4.90 Å². The molecule has 3 nitrogen and oxygen atoms in total. The van der Waals surface area contributed by atoms with Gasteiger partial charge in [0.05, 0.1) is 18.0 Å². The third-order valence-electron chi connectivity index (χ3n) is 5.02. The van der Waals surface area contributed by atoms with Crippen LogP contribution in [0, 0.1) is 0 Å². The first kappa shape index (κ1) is 13.5. The summed E-state index contributed by atoms with van der Waals surface area (Å²) in [5, 5.41) is 0.